The van der Waals surface area contributed by atoms with Crippen LogP contribution in [0.15, 0.2) is 72.8 Å². The van der Waals surface area contributed by atoms with E-state index in [1.54, 1.807) is 66.7 Å². The van der Waals surface area contributed by atoms with E-state index in [2.05, 4.69) is 0 Å². The average molecular weight is 481 g/mol. The summed E-state index contributed by atoms with van der Waals surface area (Å²) in [6, 6.07) is 21.0. The van der Waals surface area contributed by atoms with E-state index in [1.165, 1.54) is 9.80 Å². The zero-order valence-corrected chi connectivity index (χ0v) is 19.4. The molecule has 3 aromatic rings. The number of anilines is 2. The Kier molecular flexibility index (Phi) is 5.06. The third kappa shape index (κ3) is 3.10. The lowest BCUT2D eigenvalue weighted by Crippen LogP contribution is -2.54. The van der Waals surface area contributed by atoms with Gasteiger partial charge in [-0.1, -0.05) is 61.0 Å². The van der Waals surface area contributed by atoms with E-state index in [1.807, 2.05) is 13.0 Å². The third-order valence-corrected chi connectivity index (χ3v) is 8.61. The summed E-state index contributed by atoms with van der Waals surface area (Å²) < 4.78 is 27.2. The first-order chi connectivity index (χ1) is 15.8. The van der Waals surface area contributed by atoms with E-state index in [4.69, 9.17) is 11.6 Å². The van der Waals surface area contributed by atoms with Crippen LogP contribution in [0.1, 0.15) is 23.6 Å². The second-order valence-corrected chi connectivity index (χ2v) is 10.7. The third-order valence-electron chi connectivity index (χ3n) is 6.25. The Morgan fingerprint density at radius 3 is 2.39 bits per heavy atom. The van der Waals surface area contributed by atoms with Gasteiger partial charge >= 0.3 is 0 Å². The number of aryl methyl sites for hydroxylation is 1. The highest BCUT2D eigenvalue weighted by Gasteiger charge is 2.69. The van der Waals surface area contributed by atoms with Crippen molar-refractivity contribution < 1.29 is 18.0 Å². The number of halogens is 1. The van der Waals surface area contributed by atoms with Gasteiger partial charge in [0.25, 0.3) is 10.8 Å². The Labute approximate surface area is 197 Å². The van der Waals surface area contributed by atoms with Crippen molar-refractivity contribution >= 4 is 44.6 Å². The molecule has 2 aliphatic heterocycles. The van der Waals surface area contributed by atoms with Crippen molar-refractivity contribution in [3.63, 3.8) is 0 Å². The number of carbonyl (C=O) groups is 2. The van der Waals surface area contributed by atoms with E-state index in [9.17, 15) is 18.0 Å². The Bertz CT molecular complexity index is 1390. The Balaban J connectivity index is 1.72. The maximum absolute atomic E-state index is 14.1. The summed E-state index contributed by atoms with van der Waals surface area (Å²) in [5.41, 5.74) is 2.92. The molecule has 1 atom stereocenters. The van der Waals surface area contributed by atoms with Crippen LogP contribution in [0.4, 0.5) is 11.4 Å². The van der Waals surface area contributed by atoms with E-state index >= 15 is 0 Å². The second kappa shape index (κ2) is 7.71. The number of sulfone groups is 1. The van der Waals surface area contributed by atoms with Gasteiger partial charge in [-0.3, -0.25) is 14.5 Å². The molecule has 5 rings (SSSR count). The summed E-state index contributed by atoms with van der Waals surface area (Å²) in [6.07, 6.45) is 0.711. The first-order valence-electron chi connectivity index (χ1n) is 10.6. The minimum absolute atomic E-state index is 0.154. The smallest absolute Gasteiger partial charge is 0.274 e. The van der Waals surface area contributed by atoms with Gasteiger partial charge in [0.15, 0.2) is 9.84 Å². The lowest BCUT2D eigenvalue weighted by molar-refractivity contribution is -0.123. The number of amides is 2. The van der Waals surface area contributed by atoms with Gasteiger partial charge in [0.2, 0.25) is 5.91 Å². The Hall–Kier alpha value is -3.16. The van der Waals surface area contributed by atoms with Crippen LogP contribution in [-0.2, 0) is 37.3 Å². The maximum atomic E-state index is 14.1. The maximum Gasteiger partial charge on any atom is 0.274 e. The lowest BCUT2D eigenvalue weighted by atomic mass is 10.0. The van der Waals surface area contributed by atoms with Gasteiger partial charge < -0.3 is 4.90 Å². The molecule has 0 aliphatic carbocycles. The van der Waals surface area contributed by atoms with Crippen molar-refractivity contribution in [1.82, 2.24) is 0 Å². The number of hydrogen-bond acceptors (Lipinski definition) is 4. The fraction of sp³-hybridized carbons (Fsp3) is 0.200. The Morgan fingerprint density at radius 2 is 1.67 bits per heavy atom. The van der Waals surface area contributed by atoms with Gasteiger partial charge in [0, 0.05) is 16.3 Å². The molecule has 0 aromatic heterocycles. The molecule has 6 nitrogen and oxygen atoms in total. The molecule has 1 spiro atoms. The summed E-state index contributed by atoms with van der Waals surface area (Å²) in [7, 11) is -4.18. The lowest BCUT2D eigenvalue weighted by Gasteiger charge is -2.33. The SMILES string of the molecule is CCc1cccc(N2C(=O)CS(=O)(=O)[C@@]23C(=O)N(Cc2ccc(Cl)cc2)c2ccccc23)c1. The fourth-order valence-electron chi connectivity index (χ4n) is 4.74. The first-order valence-corrected chi connectivity index (χ1v) is 12.6. The molecule has 0 radical (unpaired) electrons. The van der Waals surface area contributed by atoms with Crippen LogP contribution in [0.2, 0.25) is 5.02 Å². The topological polar surface area (TPSA) is 74.8 Å². The van der Waals surface area contributed by atoms with Gasteiger partial charge in [0.05, 0.1) is 12.2 Å². The molecule has 168 valence electrons. The van der Waals surface area contributed by atoms with Gasteiger partial charge in [-0.05, 0) is 47.9 Å². The summed E-state index contributed by atoms with van der Waals surface area (Å²) in [5.74, 6) is -1.98. The minimum Gasteiger partial charge on any atom is -0.304 e. The number of hydrogen-bond donors (Lipinski definition) is 0. The zero-order valence-electron chi connectivity index (χ0n) is 17.9. The van der Waals surface area contributed by atoms with E-state index in [-0.39, 0.29) is 6.54 Å². The molecule has 2 aliphatic rings. The van der Waals surface area contributed by atoms with Crippen molar-refractivity contribution in [1.29, 1.82) is 0 Å². The van der Waals surface area contributed by atoms with Crippen LogP contribution in [0.25, 0.3) is 0 Å². The standard InChI is InChI=1S/C25H21ClN2O4S/c1-2-17-6-5-7-20(14-17)28-23(29)16-33(31,32)25(28)21-8-3-4-9-22(21)27(24(25)30)15-18-10-12-19(26)13-11-18/h3-14H,2,15-16H2,1H3/t25-/m0/s1. The molecule has 8 heteroatoms. The van der Waals surface area contributed by atoms with Crippen LogP contribution in [0, 0.1) is 0 Å². The van der Waals surface area contributed by atoms with Crippen LogP contribution >= 0.6 is 11.6 Å². The molecule has 2 amide bonds. The highest BCUT2D eigenvalue weighted by atomic mass is 35.5. The highest BCUT2D eigenvalue weighted by Crippen LogP contribution is 2.52. The molecular formula is C25H21ClN2O4S. The second-order valence-electron chi connectivity index (χ2n) is 8.19. The first kappa shape index (κ1) is 21.7. The molecule has 2 heterocycles. The van der Waals surface area contributed by atoms with Crippen molar-refractivity contribution in [2.45, 2.75) is 24.8 Å². The average Bonchev–Trinajstić information content (AvgIpc) is 3.18. The van der Waals surface area contributed by atoms with Gasteiger partial charge in [-0.15, -0.1) is 0 Å². The molecular weight excluding hydrogens is 460 g/mol. The quantitative estimate of drug-likeness (QED) is 0.564. The Morgan fingerprint density at radius 1 is 0.939 bits per heavy atom. The minimum atomic E-state index is -4.18. The predicted molar refractivity (Wildman–Crippen MR) is 128 cm³/mol. The summed E-state index contributed by atoms with van der Waals surface area (Å²) >= 11 is 6.00. The summed E-state index contributed by atoms with van der Waals surface area (Å²) in [6.45, 7) is 2.13. The number of fused-ring (bicyclic) bond motifs is 2. The largest absolute Gasteiger partial charge is 0.304 e. The van der Waals surface area contributed by atoms with Gasteiger partial charge in [-0.25, -0.2) is 8.42 Å². The van der Waals surface area contributed by atoms with Crippen molar-refractivity contribution in [3.05, 3.63) is 94.5 Å². The number of para-hydroxylation sites is 1. The van der Waals surface area contributed by atoms with Gasteiger partial charge in [0.1, 0.15) is 5.75 Å². The van der Waals surface area contributed by atoms with Crippen molar-refractivity contribution in [3.8, 4) is 0 Å². The summed E-state index contributed by atoms with van der Waals surface area (Å²) in [5, 5.41) is 0.564. The van der Waals surface area contributed by atoms with Gasteiger partial charge in [-0.2, -0.15) is 0 Å². The number of carbonyl (C=O) groups excluding carboxylic acids is 2. The molecule has 1 fully saturated rings. The molecule has 0 N–H and O–H groups in total. The van der Waals surface area contributed by atoms with Crippen LogP contribution in [0.3, 0.4) is 0 Å². The molecule has 0 saturated carbocycles. The number of rotatable bonds is 4. The number of benzene rings is 3. The van der Waals surface area contributed by atoms with Crippen molar-refractivity contribution in [2.24, 2.45) is 0 Å². The molecule has 3 aromatic carbocycles. The van der Waals surface area contributed by atoms with Crippen LogP contribution in [0.5, 0.6) is 0 Å². The van der Waals surface area contributed by atoms with E-state index in [0.29, 0.717) is 28.4 Å². The molecule has 33 heavy (non-hydrogen) atoms. The molecule has 0 bridgehead atoms. The summed E-state index contributed by atoms with van der Waals surface area (Å²) in [4.78, 5) is 27.8. The van der Waals surface area contributed by atoms with E-state index in [0.717, 1.165) is 11.1 Å². The fourth-order valence-corrected chi connectivity index (χ4v) is 6.90. The molecule has 0 unspecified atom stereocenters. The van der Waals surface area contributed by atoms with Crippen molar-refractivity contribution in [2.75, 3.05) is 15.6 Å². The van der Waals surface area contributed by atoms with Crippen LogP contribution < -0.4 is 9.80 Å². The molecule has 1 saturated heterocycles. The number of nitrogens with zero attached hydrogens (tertiary/aromatic N) is 2. The van der Waals surface area contributed by atoms with Crippen LogP contribution in [-0.4, -0.2) is 26.0 Å². The monoisotopic (exact) mass is 480 g/mol. The zero-order chi connectivity index (χ0) is 23.4. The van der Waals surface area contributed by atoms with E-state index < -0.39 is 32.3 Å². The highest BCUT2D eigenvalue weighted by molar-refractivity contribution is 7.94. The normalized spacial score (nSPS) is 21.2. The predicted octanol–water partition coefficient (Wildman–Crippen LogP) is 4.06.